The third kappa shape index (κ3) is 5.05. The Morgan fingerprint density at radius 3 is 1.55 bits per heavy atom. The van der Waals surface area contributed by atoms with Crippen molar-refractivity contribution >= 4 is 43.6 Å². The minimum Gasteiger partial charge on any atom is -0.354 e. The molecule has 0 saturated carbocycles. The molecule has 3 aromatic heterocycles. The molecule has 0 radical (unpaired) electrons. The molecular weight excluding hydrogens is 727 g/mol. The van der Waals surface area contributed by atoms with Crippen molar-refractivity contribution in [1.29, 1.82) is 0 Å². The van der Waals surface area contributed by atoms with Crippen molar-refractivity contribution in [3.05, 3.63) is 204 Å². The van der Waals surface area contributed by atoms with Crippen LogP contribution in [-0.4, -0.2) is 14.5 Å². The molecule has 2 aliphatic rings. The van der Waals surface area contributed by atoms with E-state index in [0.717, 1.165) is 31.5 Å². The third-order valence-electron chi connectivity index (χ3n) is 13.4. The minimum atomic E-state index is 0.965. The van der Waals surface area contributed by atoms with Gasteiger partial charge < -0.3 is 4.98 Å². The molecule has 282 valence electrons. The van der Waals surface area contributed by atoms with Gasteiger partial charge in [-0.05, 0) is 152 Å². The summed E-state index contributed by atoms with van der Waals surface area (Å²) in [5, 5.41) is 5.27. The van der Waals surface area contributed by atoms with Gasteiger partial charge >= 0.3 is 0 Å². The van der Waals surface area contributed by atoms with Crippen LogP contribution in [0.4, 0.5) is 0 Å². The smallest absolute Gasteiger partial charge is 0.137 e. The third-order valence-corrected chi connectivity index (χ3v) is 13.4. The summed E-state index contributed by atoms with van der Waals surface area (Å²) in [6, 6.07) is 64.6. The van der Waals surface area contributed by atoms with Gasteiger partial charge in [-0.3, -0.25) is 4.57 Å². The van der Waals surface area contributed by atoms with Gasteiger partial charge in [-0.25, -0.2) is 4.98 Å². The number of fused-ring (bicyclic) bond motifs is 8. The molecule has 0 spiro atoms. The van der Waals surface area contributed by atoms with E-state index in [1.807, 2.05) is 12.3 Å². The van der Waals surface area contributed by atoms with Gasteiger partial charge in [-0.1, -0.05) is 127 Å². The number of H-pyrrole nitrogens is 1. The number of pyridine rings is 1. The molecule has 3 heteroatoms. The molecule has 0 bridgehead atoms. The van der Waals surface area contributed by atoms with Gasteiger partial charge in [0.05, 0.1) is 16.6 Å². The van der Waals surface area contributed by atoms with E-state index in [1.54, 1.807) is 0 Å². The number of nitrogens with one attached hydrogen (secondary N) is 1. The van der Waals surface area contributed by atoms with Gasteiger partial charge in [0.1, 0.15) is 5.82 Å². The van der Waals surface area contributed by atoms with Crippen LogP contribution in [0.15, 0.2) is 182 Å². The highest BCUT2D eigenvalue weighted by Gasteiger charge is 2.32. The Balaban J connectivity index is 0.961. The summed E-state index contributed by atoms with van der Waals surface area (Å²) in [5.41, 5.74) is 23.7. The highest BCUT2D eigenvalue weighted by atomic mass is 15.1. The Hall–Kier alpha value is -7.49. The van der Waals surface area contributed by atoms with Crippen LogP contribution in [0.25, 0.3) is 105 Å². The quantitative estimate of drug-likeness (QED) is 0.186. The number of aromatic amines is 1. The standard InChI is InChI=1S/C57H39N3/c1-3-9-35(10-4-1)37-14-18-39(19-15-37)41-24-28-51-47(31-41)49-33-43-23-27-46-55-44(22-26-45(54(43)55)56(49)59-51)34-50-48-32-42(40-20-16-38(17-21-40)36-11-5-2-6-12-36)25-29-52(48)60(57(46)50)53-13-7-8-30-58-53/h1-21,24-25,28-34,59H,22-23,26-27H2. The van der Waals surface area contributed by atoms with Gasteiger partial charge in [-0.2, -0.15) is 0 Å². The summed E-state index contributed by atoms with van der Waals surface area (Å²) < 4.78 is 2.44. The van der Waals surface area contributed by atoms with Crippen LogP contribution in [0.1, 0.15) is 22.3 Å². The van der Waals surface area contributed by atoms with Crippen LogP contribution in [0, 0.1) is 0 Å². The summed E-state index contributed by atoms with van der Waals surface area (Å²) in [7, 11) is 0. The molecule has 1 N–H and O–H groups in total. The first-order valence-corrected chi connectivity index (χ1v) is 21.2. The molecule has 0 fully saturated rings. The lowest BCUT2D eigenvalue weighted by Gasteiger charge is -2.31. The highest BCUT2D eigenvalue weighted by molar-refractivity contribution is 6.16. The largest absolute Gasteiger partial charge is 0.354 e. The average Bonchev–Trinajstić information content (AvgIpc) is 3.86. The topological polar surface area (TPSA) is 33.6 Å². The van der Waals surface area contributed by atoms with E-state index in [4.69, 9.17) is 4.98 Å². The number of hydrogen-bond donors (Lipinski definition) is 1. The highest BCUT2D eigenvalue weighted by Crippen LogP contribution is 2.50. The van der Waals surface area contributed by atoms with Crippen LogP contribution < -0.4 is 0 Å². The van der Waals surface area contributed by atoms with Gasteiger partial charge in [0.2, 0.25) is 0 Å². The summed E-state index contributed by atoms with van der Waals surface area (Å²) in [4.78, 5) is 8.89. The van der Waals surface area contributed by atoms with Crippen LogP contribution in [0.3, 0.4) is 0 Å². The second-order valence-corrected chi connectivity index (χ2v) is 16.6. The van der Waals surface area contributed by atoms with E-state index in [-0.39, 0.29) is 0 Å². The fourth-order valence-electron chi connectivity index (χ4n) is 10.6. The van der Waals surface area contributed by atoms with Crippen molar-refractivity contribution in [3.8, 4) is 61.5 Å². The molecule has 60 heavy (non-hydrogen) atoms. The van der Waals surface area contributed by atoms with Gasteiger partial charge in [0.25, 0.3) is 0 Å². The van der Waals surface area contributed by atoms with Crippen molar-refractivity contribution in [2.45, 2.75) is 25.7 Å². The minimum absolute atomic E-state index is 0.965. The zero-order valence-corrected chi connectivity index (χ0v) is 33.0. The molecular formula is C57H39N3. The molecule has 2 aliphatic carbocycles. The normalized spacial score (nSPS) is 13.1. The Bertz CT molecular complexity index is 3480. The first kappa shape index (κ1) is 33.5. The SMILES string of the molecule is c1ccc(-c2ccc(-c3ccc4[nH]c5c6c7c(cc5c4c3)CCc3c-7c(cc4c5cc(-c7ccc(-c8ccccc8)cc7)ccc5n(-c5ccccn5)c34)CC6)cc2)cc1. The zero-order valence-electron chi connectivity index (χ0n) is 33.0. The van der Waals surface area contributed by atoms with Crippen molar-refractivity contribution in [1.82, 2.24) is 14.5 Å². The van der Waals surface area contributed by atoms with E-state index in [9.17, 15) is 0 Å². The van der Waals surface area contributed by atoms with E-state index >= 15 is 0 Å². The second-order valence-electron chi connectivity index (χ2n) is 16.6. The summed E-state index contributed by atoms with van der Waals surface area (Å²) in [5.74, 6) is 0.965. The molecule has 11 aromatic rings. The Kier molecular flexibility index (Phi) is 7.26. The van der Waals surface area contributed by atoms with E-state index in [2.05, 4.69) is 179 Å². The van der Waals surface area contributed by atoms with Gasteiger partial charge in [0, 0.05) is 33.3 Å². The van der Waals surface area contributed by atoms with Crippen molar-refractivity contribution in [2.75, 3.05) is 0 Å². The van der Waals surface area contributed by atoms with Crippen LogP contribution in [-0.2, 0) is 25.7 Å². The lowest BCUT2D eigenvalue weighted by atomic mass is 9.74. The molecule has 0 saturated heterocycles. The predicted octanol–water partition coefficient (Wildman–Crippen LogP) is 14.3. The predicted molar refractivity (Wildman–Crippen MR) is 250 cm³/mol. The van der Waals surface area contributed by atoms with Crippen LogP contribution in [0.5, 0.6) is 0 Å². The number of nitrogens with zero attached hydrogens (tertiary/aromatic N) is 2. The van der Waals surface area contributed by atoms with E-state index in [0.29, 0.717) is 0 Å². The first-order chi connectivity index (χ1) is 29.7. The van der Waals surface area contributed by atoms with Gasteiger partial charge in [0.15, 0.2) is 0 Å². The number of aromatic nitrogens is 3. The monoisotopic (exact) mass is 765 g/mol. The number of aryl methyl sites for hydroxylation is 4. The maximum atomic E-state index is 4.96. The van der Waals surface area contributed by atoms with E-state index < -0.39 is 0 Å². The Morgan fingerprint density at radius 2 is 0.917 bits per heavy atom. The first-order valence-electron chi connectivity index (χ1n) is 21.2. The maximum Gasteiger partial charge on any atom is 0.137 e. The fraction of sp³-hybridized carbons (Fsp3) is 0.0702. The molecule has 0 amide bonds. The molecule has 0 atom stereocenters. The molecule has 0 aliphatic heterocycles. The van der Waals surface area contributed by atoms with Crippen LogP contribution in [0.2, 0.25) is 0 Å². The van der Waals surface area contributed by atoms with Crippen molar-refractivity contribution < 1.29 is 0 Å². The molecule has 0 unspecified atom stereocenters. The second kappa shape index (κ2) is 13.0. The molecule has 3 nitrogen and oxygen atoms in total. The van der Waals surface area contributed by atoms with Crippen molar-refractivity contribution in [2.24, 2.45) is 0 Å². The molecule has 3 heterocycles. The van der Waals surface area contributed by atoms with Gasteiger partial charge in [-0.15, -0.1) is 0 Å². The number of rotatable bonds is 5. The number of benzene rings is 8. The number of hydrogen-bond acceptors (Lipinski definition) is 1. The lowest BCUT2D eigenvalue weighted by Crippen LogP contribution is -2.15. The lowest BCUT2D eigenvalue weighted by molar-refractivity contribution is 0.884. The van der Waals surface area contributed by atoms with E-state index in [1.165, 1.54) is 122 Å². The zero-order chi connectivity index (χ0) is 39.3. The van der Waals surface area contributed by atoms with Crippen molar-refractivity contribution in [3.63, 3.8) is 0 Å². The Morgan fingerprint density at radius 1 is 0.400 bits per heavy atom. The average molecular weight is 766 g/mol. The fourth-order valence-corrected chi connectivity index (χ4v) is 10.6. The maximum absolute atomic E-state index is 4.96. The molecule has 8 aromatic carbocycles. The summed E-state index contributed by atoms with van der Waals surface area (Å²) in [6.07, 6.45) is 5.98. The Labute approximate surface area is 348 Å². The summed E-state index contributed by atoms with van der Waals surface area (Å²) in [6.45, 7) is 0. The molecule has 13 rings (SSSR count). The summed E-state index contributed by atoms with van der Waals surface area (Å²) >= 11 is 0. The van der Waals surface area contributed by atoms with Crippen LogP contribution >= 0.6 is 0 Å².